The number of hydrogen-bond donors (Lipinski definition) is 0. The molecular weight excluding hydrogens is 396 g/mol. The quantitative estimate of drug-likeness (QED) is 0.684. The van der Waals surface area contributed by atoms with Gasteiger partial charge in [0.25, 0.3) is 0 Å². The number of hydrogen-bond acceptors (Lipinski definition) is 6. The van der Waals surface area contributed by atoms with Crippen LogP contribution in [-0.4, -0.2) is 34.4 Å². The van der Waals surface area contributed by atoms with Gasteiger partial charge in [0.2, 0.25) is 5.78 Å². The fourth-order valence-electron chi connectivity index (χ4n) is 3.11. The van der Waals surface area contributed by atoms with Crippen LogP contribution in [0.15, 0.2) is 48.7 Å². The van der Waals surface area contributed by atoms with Crippen LogP contribution in [0, 0.1) is 0 Å². The van der Waals surface area contributed by atoms with E-state index in [9.17, 15) is 9.59 Å². The first-order valence-electron chi connectivity index (χ1n) is 8.95. The second-order valence-electron chi connectivity index (χ2n) is 6.92. The van der Waals surface area contributed by atoms with E-state index in [2.05, 4.69) is 16.4 Å². The number of ether oxygens (including phenoxy) is 3. The van der Waals surface area contributed by atoms with Gasteiger partial charge in [0.15, 0.2) is 17.1 Å². The van der Waals surface area contributed by atoms with Crippen LogP contribution in [-0.2, 0) is 25.4 Å². The fraction of sp³-hybridized carbons (Fsp3) is 0.286. The molecule has 3 rings (SSSR count). The number of Topliss-reactive ketones (excluding diaryl/α,β-unsaturated/α-hetero) is 1. The minimum Gasteiger partial charge on any atom is -0.476 e. The molecule has 0 unspecified atom stereocenters. The van der Waals surface area contributed by atoms with Crippen LogP contribution in [0.1, 0.15) is 31.9 Å². The first kappa shape index (κ1) is 20.7. The van der Waals surface area contributed by atoms with Crippen LogP contribution in [0.3, 0.4) is 0 Å². The average Bonchev–Trinajstić information content (AvgIpc) is 3.12. The molecule has 0 atom stereocenters. The first-order chi connectivity index (χ1) is 13.7. The second-order valence-corrected chi connectivity index (χ2v) is 7.36. The van der Waals surface area contributed by atoms with Gasteiger partial charge in [-0.05, 0) is 43.5 Å². The molecule has 1 aromatic heterocycles. The Morgan fingerprint density at radius 2 is 2.10 bits per heavy atom. The summed E-state index contributed by atoms with van der Waals surface area (Å²) in [6.07, 6.45) is 2.85. The Kier molecular flexibility index (Phi) is 5.53. The Morgan fingerprint density at radius 3 is 2.69 bits per heavy atom. The predicted octanol–water partition coefficient (Wildman–Crippen LogP) is 4.47. The maximum atomic E-state index is 13.3. The summed E-state index contributed by atoms with van der Waals surface area (Å²) >= 11 is 5.99. The van der Waals surface area contributed by atoms with Crippen LogP contribution in [0.25, 0.3) is 11.3 Å². The zero-order chi connectivity index (χ0) is 21.3. The second kappa shape index (κ2) is 7.75. The highest BCUT2D eigenvalue weighted by Gasteiger charge is 2.42. The number of ketones is 1. The van der Waals surface area contributed by atoms with Crippen molar-refractivity contribution >= 4 is 29.1 Å². The van der Waals surface area contributed by atoms with Gasteiger partial charge >= 0.3 is 6.16 Å². The van der Waals surface area contributed by atoms with Crippen molar-refractivity contribution in [3.05, 3.63) is 64.8 Å². The van der Waals surface area contributed by atoms with Gasteiger partial charge in [-0.15, -0.1) is 0 Å². The third-order valence-electron chi connectivity index (χ3n) is 4.54. The van der Waals surface area contributed by atoms with E-state index < -0.39 is 11.8 Å². The summed E-state index contributed by atoms with van der Waals surface area (Å²) in [6, 6.07) is 5.56. The van der Waals surface area contributed by atoms with Crippen LogP contribution < -0.4 is 0 Å². The molecule has 0 saturated heterocycles. The van der Waals surface area contributed by atoms with Crippen molar-refractivity contribution in [1.82, 2.24) is 9.78 Å². The first-order valence-corrected chi connectivity index (χ1v) is 9.32. The molecule has 0 amide bonds. The van der Waals surface area contributed by atoms with Gasteiger partial charge in [0.05, 0.1) is 29.6 Å². The average molecular weight is 417 g/mol. The lowest BCUT2D eigenvalue weighted by molar-refractivity contribution is -0.131. The van der Waals surface area contributed by atoms with Crippen molar-refractivity contribution in [2.75, 3.05) is 7.11 Å². The molecule has 2 heterocycles. The molecule has 0 saturated carbocycles. The maximum Gasteiger partial charge on any atom is 0.513 e. The molecule has 7 nitrogen and oxygen atoms in total. The molecule has 1 aliphatic rings. The summed E-state index contributed by atoms with van der Waals surface area (Å²) in [7, 11) is 1.18. The molecule has 2 aromatic rings. The summed E-state index contributed by atoms with van der Waals surface area (Å²) in [4.78, 5) is 25.1. The smallest absolute Gasteiger partial charge is 0.476 e. The van der Waals surface area contributed by atoms with Crippen LogP contribution in [0.5, 0.6) is 0 Å². The maximum absolute atomic E-state index is 13.3. The summed E-state index contributed by atoms with van der Waals surface area (Å²) in [5.74, 6) is -0.328. The predicted molar refractivity (Wildman–Crippen MR) is 108 cm³/mol. The van der Waals surface area contributed by atoms with Crippen molar-refractivity contribution in [3.63, 3.8) is 0 Å². The van der Waals surface area contributed by atoms with Gasteiger partial charge in [-0.1, -0.05) is 31.2 Å². The number of benzene rings is 1. The molecule has 0 radical (unpaired) electrons. The number of aryl methyl sites for hydroxylation is 1. The van der Waals surface area contributed by atoms with E-state index in [0.717, 1.165) is 5.56 Å². The van der Waals surface area contributed by atoms with E-state index in [1.807, 2.05) is 19.1 Å². The normalized spacial score (nSPS) is 15.9. The largest absolute Gasteiger partial charge is 0.513 e. The zero-order valence-corrected chi connectivity index (χ0v) is 17.4. The third-order valence-corrected chi connectivity index (χ3v) is 4.74. The van der Waals surface area contributed by atoms with E-state index in [-0.39, 0.29) is 22.9 Å². The van der Waals surface area contributed by atoms with Gasteiger partial charge in [-0.25, -0.2) is 9.48 Å². The Balaban J connectivity index is 2.27. The molecule has 1 aliphatic heterocycles. The topological polar surface area (TPSA) is 79.7 Å². The number of methoxy groups -OCH3 is 1. The van der Waals surface area contributed by atoms with Crippen molar-refractivity contribution in [2.24, 2.45) is 0 Å². The van der Waals surface area contributed by atoms with Gasteiger partial charge in [0.1, 0.15) is 0 Å². The Bertz CT molecular complexity index is 1040. The SMILES string of the molecule is C=C1OC(C)(C)C(=O)C(c2cc(-n3cc(Cl)cn3)ccc2CC)=C1OC(=O)OC. The molecular formula is C21H21ClN2O5. The van der Waals surface area contributed by atoms with E-state index in [1.54, 1.807) is 30.8 Å². The lowest BCUT2D eigenvalue weighted by Crippen LogP contribution is -2.40. The Hall–Kier alpha value is -3.06. The van der Waals surface area contributed by atoms with E-state index in [4.69, 9.17) is 21.1 Å². The van der Waals surface area contributed by atoms with E-state index in [1.165, 1.54) is 13.3 Å². The van der Waals surface area contributed by atoms with Crippen molar-refractivity contribution in [2.45, 2.75) is 32.8 Å². The number of carbonyl (C=O) groups excluding carboxylic acids is 2. The van der Waals surface area contributed by atoms with Crippen LogP contribution >= 0.6 is 11.6 Å². The zero-order valence-electron chi connectivity index (χ0n) is 16.6. The molecule has 0 fully saturated rings. The van der Waals surface area contributed by atoms with E-state index in [0.29, 0.717) is 22.7 Å². The number of carbonyl (C=O) groups is 2. The molecule has 0 aliphatic carbocycles. The number of aromatic nitrogens is 2. The highest BCUT2D eigenvalue weighted by Crippen LogP contribution is 2.39. The molecule has 0 spiro atoms. The van der Waals surface area contributed by atoms with Crippen LogP contribution in [0.2, 0.25) is 5.02 Å². The summed E-state index contributed by atoms with van der Waals surface area (Å²) < 4.78 is 17.1. The molecule has 1 aromatic carbocycles. The van der Waals surface area contributed by atoms with Crippen LogP contribution in [0.4, 0.5) is 4.79 Å². The van der Waals surface area contributed by atoms with Gasteiger partial charge in [0, 0.05) is 6.20 Å². The third kappa shape index (κ3) is 3.91. The minimum absolute atomic E-state index is 0.0634. The molecule has 29 heavy (non-hydrogen) atoms. The fourth-order valence-corrected chi connectivity index (χ4v) is 3.25. The molecule has 0 bridgehead atoms. The monoisotopic (exact) mass is 416 g/mol. The van der Waals surface area contributed by atoms with Gasteiger partial charge in [-0.3, -0.25) is 4.79 Å². The summed E-state index contributed by atoms with van der Waals surface area (Å²) in [5, 5.41) is 4.69. The van der Waals surface area contributed by atoms with Crippen molar-refractivity contribution < 1.29 is 23.8 Å². The number of halogens is 1. The lowest BCUT2D eigenvalue weighted by Gasteiger charge is -2.33. The minimum atomic E-state index is -1.18. The van der Waals surface area contributed by atoms with Crippen molar-refractivity contribution in [3.8, 4) is 5.69 Å². The van der Waals surface area contributed by atoms with Gasteiger partial charge < -0.3 is 14.2 Å². The Labute approximate surface area is 173 Å². The lowest BCUT2D eigenvalue weighted by atomic mass is 9.85. The summed E-state index contributed by atoms with van der Waals surface area (Å²) in [6.45, 7) is 9.07. The highest BCUT2D eigenvalue weighted by molar-refractivity contribution is 6.30. The standard InChI is InChI=1S/C21H21ClN2O5/c1-6-13-7-8-15(24-11-14(22)10-23-24)9-16(13)17-18(28-20(26)27-5)12(2)29-21(3,4)19(17)25/h7-11H,2,6H2,1,3-5H3. The van der Waals surface area contributed by atoms with E-state index >= 15 is 0 Å². The summed E-state index contributed by atoms with van der Waals surface area (Å²) in [5.41, 5.74) is 1.20. The number of nitrogens with zero attached hydrogens (tertiary/aromatic N) is 2. The molecule has 0 N–H and O–H groups in total. The Morgan fingerprint density at radius 1 is 1.38 bits per heavy atom. The molecule has 152 valence electrons. The van der Waals surface area contributed by atoms with Crippen molar-refractivity contribution in [1.29, 1.82) is 0 Å². The van der Waals surface area contributed by atoms with Gasteiger partial charge in [-0.2, -0.15) is 5.10 Å². The molecule has 8 heteroatoms. The highest BCUT2D eigenvalue weighted by atomic mass is 35.5. The number of rotatable bonds is 4.